The van der Waals surface area contributed by atoms with Crippen molar-refractivity contribution >= 4 is 0 Å². The van der Waals surface area contributed by atoms with Crippen LogP contribution in [-0.2, 0) is 7.05 Å². The average Bonchev–Trinajstić information content (AvgIpc) is 2.55. The van der Waals surface area contributed by atoms with E-state index in [1.54, 1.807) is 10.8 Å². The standard InChI is InChI=1S/C7H6N3O/c1-10-5-8-9-7(10)6-3-2-4-11-6/h2-4H,1H3. The molecule has 0 aliphatic heterocycles. The zero-order chi connectivity index (χ0) is 7.68. The van der Waals surface area contributed by atoms with Crippen LogP contribution in [0.1, 0.15) is 0 Å². The van der Waals surface area contributed by atoms with E-state index in [2.05, 4.69) is 16.5 Å². The van der Waals surface area contributed by atoms with Gasteiger partial charge in [0.15, 0.2) is 11.6 Å². The molecule has 2 aromatic heterocycles. The van der Waals surface area contributed by atoms with E-state index in [1.165, 1.54) is 0 Å². The van der Waals surface area contributed by atoms with Crippen LogP contribution in [0.2, 0.25) is 0 Å². The van der Waals surface area contributed by atoms with Gasteiger partial charge < -0.3 is 8.98 Å². The molecule has 0 aliphatic rings. The van der Waals surface area contributed by atoms with E-state index in [0.29, 0.717) is 11.6 Å². The highest BCUT2D eigenvalue weighted by atomic mass is 16.3. The molecular weight excluding hydrogens is 142 g/mol. The van der Waals surface area contributed by atoms with Gasteiger partial charge in [-0.2, -0.15) is 0 Å². The Morgan fingerprint density at radius 3 is 3.09 bits per heavy atom. The van der Waals surface area contributed by atoms with Crippen LogP contribution >= 0.6 is 0 Å². The lowest BCUT2D eigenvalue weighted by molar-refractivity contribution is 0.573. The molecule has 4 heteroatoms. The van der Waals surface area contributed by atoms with Crippen molar-refractivity contribution in [1.29, 1.82) is 0 Å². The van der Waals surface area contributed by atoms with Crippen LogP contribution in [0.3, 0.4) is 0 Å². The van der Waals surface area contributed by atoms with Crippen LogP contribution in [0.4, 0.5) is 0 Å². The molecule has 0 amide bonds. The van der Waals surface area contributed by atoms with E-state index in [0.717, 1.165) is 0 Å². The van der Waals surface area contributed by atoms with Crippen LogP contribution in [0.25, 0.3) is 11.6 Å². The highest BCUT2D eigenvalue weighted by Crippen LogP contribution is 2.14. The maximum atomic E-state index is 5.12. The van der Waals surface area contributed by atoms with Gasteiger partial charge in [-0.05, 0) is 12.1 Å². The lowest BCUT2D eigenvalue weighted by Gasteiger charge is -1.91. The summed E-state index contributed by atoms with van der Waals surface area (Å²) < 4.78 is 6.79. The van der Waals surface area contributed by atoms with Crippen molar-refractivity contribution in [1.82, 2.24) is 14.8 Å². The van der Waals surface area contributed by atoms with Crippen LogP contribution in [0.5, 0.6) is 0 Å². The average molecular weight is 148 g/mol. The topological polar surface area (TPSA) is 43.9 Å². The van der Waals surface area contributed by atoms with Crippen molar-refractivity contribution in [2.45, 2.75) is 0 Å². The maximum Gasteiger partial charge on any atom is 0.202 e. The predicted molar refractivity (Wildman–Crippen MR) is 37.5 cm³/mol. The molecule has 4 nitrogen and oxygen atoms in total. The van der Waals surface area contributed by atoms with Gasteiger partial charge in [-0.15, -0.1) is 10.2 Å². The minimum atomic E-state index is 0.690. The van der Waals surface area contributed by atoms with Crippen molar-refractivity contribution in [2.24, 2.45) is 7.05 Å². The SMILES string of the molecule is Cn1[c]nnc1-c1ccco1. The molecule has 11 heavy (non-hydrogen) atoms. The van der Waals surface area contributed by atoms with Crippen molar-refractivity contribution in [3.05, 3.63) is 24.7 Å². The Balaban J connectivity index is 2.53. The number of rotatable bonds is 1. The van der Waals surface area contributed by atoms with Gasteiger partial charge in [-0.1, -0.05) is 0 Å². The molecule has 2 rings (SSSR count). The highest BCUT2D eigenvalue weighted by Gasteiger charge is 2.05. The summed E-state index contributed by atoms with van der Waals surface area (Å²) >= 11 is 0. The summed E-state index contributed by atoms with van der Waals surface area (Å²) in [5.74, 6) is 1.40. The Labute approximate surface area is 63.5 Å². The molecule has 0 aliphatic carbocycles. The minimum Gasteiger partial charge on any atom is -0.461 e. The monoisotopic (exact) mass is 148 g/mol. The second-order valence-electron chi connectivity index (χ2n) is 2.16. The molecule has 55 valence electrons. The van der Waals surface area contributed by atoms with Gasteiger partial charge in [0.05, 0.1) is 6.26 Å². The van der Waals surface area contributed by atoms with Gasteiger partial charge >= 0.3 is 0 Å². The van der Waals surface area contributed by atoms with Crippen molar-refractivity contribution in [2.75, 3.05) is 0 Å². The van der Waals surface area contributed by atoms with Gasteiger partial charge in [0.25, 0.3) is 0 Å². The largest absolute Gasteiger partial charge is 0.461 e. The van der Waals surface area contributed by atoms with E-state index < -0.39 is 0 Å². The van der Waals surface area contributed by atoms with Gasteiger partial charge in [-0.3, -0.25) is 0 Å². The fraction of sp³-hybridized carbons (Fsp3) is 0.143. The highest BCUT2D eigenvalue weighted by molar-refractivity contribution is 5.45. The lowest BCUT2D eigenvalue weighted by Crippen LogP contribution is -1.89. The minimum absolute atomic E-state index is 0.690. The molecule has 0 N–H and O–H groups in total. The normalized spacial score (nSPS) is 10.3. The van der Waals surface area contributed by atoms with Gasteiger partial charge in [0.1, 0.15) is 0 Å². The second-order valence-corrected chi connectivity index (χ2v) is 2.16. The van der Waals surface area contributed by atoms with E-state index in [1.807, 2.05) is 19.2 Å². The summed E-state index contributed by atoms with van der Waals surface area (Å²) in [6.07, 6.45) is 4.25. The third kappa shape index (κ3) is 0.920. The number of furan rings is 1. The van der Waals surface area contributed by atoms with Crippen molar-refractivity contribution in [3.8, 4) is 11.6 Å². The Morgan fingerprint density at radius 2 is 2.55 bits per heavy atom. The first-order valence-corrected chi connectivity index (χ1v) is 3.19. The molecule has 0 fully saturated rings. The van der Waals surface area contributed by atoms with E-state index >= 15 is 0 Å². The Kier molecular flexibility index (Phi) is 1.25. The molecule has 2 heterocycles. The van der Waals surface area contributed by atoms with Gasteiger partial charge in [0.2, 0.25) is 6.33 Å². The summed E-state index contributed by atoms with van der Waals surface area (Å²) in [6, 6.07) is 3.64. The second kappa shape index (κ2) is 2.23. The van der Waals surface area contributed by atoms with Gasteiger partial charge in [0, 0.05) is 7.05 Å². The van der Waals surface area contributed by atoms with Crippen molar-refractivity contribution < 1.29 is 4.42 Å². The van der Waals surface area contributed by atoms with Crippen LogP contribution in [0, 0.1) is 6.33 Å². The molecule has 0 saturated carbocycles. The first-order valence-electron chi connectivity index (χ1n) is 3.19. The smallest absolute Gasteiger partial charge is 0.202 e. The molecule has 0 unspecified atom stereocenters. The summed E-state index contributed by atoms with van der Waals surface area (Å²) in [4.78, 5) is 0. The third-order valence-corrected chi connectivity index (χ3v) is 1.40. The quantitative estimate of drug-likeness (QED) is 0.602. The zero-order valence-electron chi connectivity index (χ0n) is 5.98. The molecule has 0 bridgehead atoms. The molecule has 0 spiro atoms. The third-order valence-electron chi connectivity index (χ3n) is 1.40. The maximum absolute atomic E-state index is 5.12. The summed E-state index contributed by atoms with van der Waals surface area (Å²) in [6.45, 7) is 0. The number of aromatic nitrogens is 3. The summed E-state index contributed by atoms with van der Waals surface area (Å²) in [5.41, 5.74) is 0. The molecule has 0 atom stereocenters. The molecule has 0 aromatic carbocycles. The Bertz CT molecular complexity index is 336. The van der Waals surface area contributed by atoms with Gasteiger partial charge in [-0.25, -0.2) is 0 Å². The Morgan fingerprint density at radius 1 is 1.64 bits per heavy atom. The number of aryl methyl sites for hydroxylation is 1. The lowest BCUT2D eigenvalue weighted by atomic mass is 10.4. The fourth-order valence-electron chi connectivity index (χ4n) is 0.872. The number of nitrogens with zero attached hydrogens (tertiary/aromatic N) is 3. The summed E-state index contributed by atoms with van der Waals surface area (Å²) in [7, 11) is 1.82. The first kappa shape index (κ1) is 6.15. The first-order chi connectivity index (χ1) is 5.38. The number of hydrogen-bond donors (Lipinski definition) is 0. The fourth-order valence-corrected chi connectivity index (χ4v) is 0.872. The van der Waals surface area contributed by atoms with E-state index in [-0.39, 0.29) is 0 Å². The van der Waals surface area contributed by atoms with Crippen molar-refractivity contribution in [3.63, 3.8) is 0 Å². The molecule has 0 saturated heterocycles. The Hall–Kier alpha value is -1.58. The summed E-state index contributed by atoms with van der Waals surface area (Å²) in [5, 5.41) is 7.43. The number of hydrogen-bond acceptors (Lipinski definition) is 3. The van der Waals surface area contributed by atoms with Crippen LogP contribution < -0.4 is 0 Å². The molecule has 2 aromatic rings. The van der Waals surface area contributed by atoms with E-state index in [4.69, 9.17) is 4.42 Å². The molecule has 1 radical (unpaired) electrons. The zero-order valence-corrected chi connectivity index (χ0v) is 5.98. The van der Waals surface area contributed by atoms with Crippen LogP contribution in [-0.4, -0.2) is 14.8 Å². The predicted octanol–water partition coefficient (Wildman–Crippen LogP) is 0.875. The van der Waals surface area contributed by atoms with E-state index in [9.17, 15) is 0 Å². The molecular formula is C7H6N3O. The van der Waals surface area contributed by atoms with Crippen LogP contribution in [0.15, 0.2) is 22.8 Å².